The first kappa shape index (κ1) is 11.4. The van der Waals surface area contributed by atoms with Gasteiger partial charge in [0.15, 0.2) is 5.82 Å². The predicted octanol–water partition coefficient (Wildman–Crippen LogP) is 1.48. The predicted molar refractivity (Wildman–Crippen MR) is 70.9 cm³/mol. The smallest absolute Gasteiger partial charge is 0.255 e. The van der Waals surface area contributed by atoms with Crippen molar-refractivity contribution in [2.45, 2.75) is 6.92 Å². The third-order valence-electron chi connectivity index (χ3n) is 2.51. The van der Waals surface area contributed by atoms with Gasteiger partial charge in [0.05, 0.1) is 5.69 Å². The molecule has 3 aromatic rings. The Morgan fingerprint density at radius 2 is 2.21 bits per heavy atom. The summed E-state index contributed by atoms with van der Waals surface area (Å²) in [6, 6.07) is 5.64. The quantitative estimate of drug-likeness (QED) is 0.737. The van der Waals surface area contributed by atoms with Gasteiger partial charge >= 0.3 is 0 Å². The third kappa shape index (κ3) is 2.30. The van der Waals surface area contributed by atoms with Crippen molar-refractivity contribution < 1.29 is 0 Å². The normalized spacial score (nSPS) is 10.6. The lowest BCUT2D eigenvalue weighted by Gasteiger charge is -2.06. The van der Waals surface area contributed by atoms with Gasteiger partial charge in [-0.2, -0.15) is 20.1 Å². The number of aromatic amines is 1. The number of H-pyrrole nitrogens is 1. The largest absolute Gasteiger partial charge is 0.359 e. The molecule has 3 rings (SSSR count). The fraction of sp³-hybridized carbons (Fsp3) is 0.167. The van der Waals surface area contributed by atoms with Crippen LogP contribution in [0.5, 0.6) is 0 Å². The molecule has 0 fully saturated rings. The van der Waals surface area contributed by atoms with Crippen molar-refractivity contribution in [2.24, 2.45) is 0 Å². The second kappa shape index (κ2) is 4.89. The van der Waals surface area contributed by atoms with E-state index in [0.717, 1.165) is 12.2 Å². The van der Waals surface area contributed by atoms with E-state index in [0.29, 0.717) is 17.7 Å². The van der Waals surface area contributed by atoms with Crippen LogP contribution in [-0.4, -0.2) is 36.3 Å². The van der Waals surface area contributed by atoms with Crippen LogP contribution < -0.4 is 5.32 Å². The molecule has 0 aliphatic rings. The van der Waals surface area contributed by atoms with Crippen LogP contribution in [-0.2, 0) is 0 Å². The molecule has 0 aromatic carbocycles. The second-order valence-corrected chi connectivity index (χ2v) is 3.85. The third-order valence-corrected chi connectivity index (χ3v) is 2.51. The van der Waals surface area contributed by atoms with Crippen LogP contribution in [0.15, 0.2) is 36.8 Å². The molecule has 0 bridgehead atoms. The van der Waals surface area contributed by atoms with Gasteiger partial charge in [-0.15, -0.1) is 0 Å². The molecule has 2 N–H and O–H groups in total. The summed E-state index contributed by atoms with van der Waals surface area (Å²) in [4.78, 5) is 16.2. The zero-order chi connectivity index (χ0) is 13.1. The Bertz CT molecular complexity index is 590. The SMILES string of the molecule is CCNc1nc(-c2ccc[nH]2)nc(-n2cccn2)n1. The van der Waals surface area contributed by atoms with Gasteiger partial charge < -0.3 is 10.3 Å². The van der Waals surface area contributed by atoms with Crippen molar-refractivity contribution in [1.29, 1.82) is 0 Å². The number of hydrogen-bond acceptors (Lipinski definition) is 5. The monoisotopic (exact) mass is 255 g/mol. The van der Waals surface area contributed by atoms with E-state index in [4.69, 9.17) is 0 Å². The maximum Gasteiger partial charge on any atom is 0.255 e. The molecule has 3 aromatic heterocycles. The van der Waals surface area contributed by atoms with Gasteiger partial charge in [-0.05, 0) is 25.1 Å². The maximum atomic E-state index is 4.41. The minimum Gasteiger partial charge on any atom is -0.359 e. The Labute approximate surface area is 109 Å². The van der Waals surface area contributed by atoms with Crippen LogP contribution in [0.3, 0.4) is 0 Å². The fourth-order valence-corrected chi connectivity index (χ4v) is 1.68. The molecule has 0 aliphatic heterocycles. The van der Waals surface area contributed by atoms with Gasteiger partial charge in [0, 0.05) is 25.1 Å². The molecule has 0 saturated heterocycles. The summed E-state index contributed by atoms with van der Waals surface area (Å²) in [5.41, 5.74) is 0.843. The van der Waals surface area contributed by atoms with Crippen molar-refractivity contribution in [1.82, 2.24) is 29.7 Å². The number of hydrogen-bond donors (Lipinski definition) is 2. The highest BCUT2D eigenvalue weighted by molar-refractivity contribution is 5.52. The van der Waals surface area contributed by atoms with Crippen molar-refractivity contribution in [3.05, 3.63) is 36.8 Å². The summed E-state index contributed by atoms with van der Waals surface area (Å²) in [5, 5.41) is 7.23. The van der Waals surface area contributed by atoms with Crippen LogP contribution in [0, 0.1) is 0 Å². The van der Waals surface area contributed by atoms with E-state index >= 15 is 0 Å². The first-order chi connectivity index (χ1) is 9.36. The molecule has 3 heterocycles. The lowest BCUT2D eigenvalue weighted by atomic mass is 10.4. The Hall–Kier alpha value is -2.70. The molecule has 7 heteroatoms. The highest BCUT2D eigenvalue weighted by atomic mass is 15.4. The van der Waals surface area contributed by atoms with Gasteiger partial charge in [-0.1, -0.05) is 0 Å². The van der Waals surface area contributed by atoms with Crippen molar-refractivity contribution >= 4 is 5.95 Å². The van der Waals surface area contributed by atoms with Crippen molar-refractivity contribution in [2.75, 3.05) is 11.9 Å². The molecule has 0 unspecified atom stereocenters. The standard InChI is InChI=1S/C12H13N7/c1-2-13-11-16-10(9-5-3-6-14-9)17-12(18-11)19-8-4-7-15-19/h3-8,14H,2H2,1H3,(H,13,16,17,18). The number of nitrogens with one attached hydrogen (secondary N) is 2. The summed E-state index contributed by atoms with van der Waals surface area (Å²) in [6.45, 7) is 2.73. The minimum absolute atomic E-state index is 0.487. The second-order valence-electron chi connectivity index (χ2n) is 3.85. The molecule has 0 saturated carbocycles. The summed E-state index contributed by atoms with van der Waals surface area (Å²) >= 11 is 0. The molecule has 19 heavy (non-hydrogen) atoms. The van der Waals surface area contributed by atoms with Crippen LogP contribution in [0.25, 0.3) is 17.5 Å². The van der Waals surface area contributed by atoms with Crippen molar-refractivity contribution in [3.63, 3.8) is 0 Å². The number of anilines is 1. The van der Waals surface area contributed by atoms with Gasteiger partial charge in [0.2, 0.25) is 5.95 Å². The van der Waals surface area contributed by atoms with Crippen LogP contribution >= 0.6 is 0 Å². The Morgan fingerprint density at radius 1 is 1.26 bits per heavy atom. The number of nitrogens with zero attached hydrogens (tertiary/aromatic N) is 5. The first-order valence-electron chi connectivity index (χ1n) is 6.00. The zero-order valence-corrected chi connectivity index (χ0v) is 10.4. The summed E-state index contributed by atoms with van der Waals surface area (Å²) in [5.74, 6) is 1.61. The van der Waals surface area contributed by atoms with E-state index in [1.165, 1.54) is 0 Å². The summed E-state index contributed by atoms with van der Waals surface area (Å²) in [7, 11) is 0. The van der Waals surface area contributed by atoms with Gasteiger partial charge in [0.1, 0.15) is 0 Å². The molecule has 0 spiro atoms. The summed E-state index contributed by atoms with van der Waals surface area (Å²) in [6.07, 6.45) is 5.31. The van der Waals surface area contributed by atoms with Gasteiger partial charge in [-0.3, -0.25) is 0 Å². The Balaban J connectivity index is 2.09. The minimum atomic E-state index is 0.487. The Morgan fingerprint density at radius 3 is 2.89 bits per heavy atom. The average molecular weight is 255 g/mol. The van der Waals surface area contributed by atoms with Crippen LogP contribution in [0.4, 0.5) is 5.95 Å². The number of aromatic nitrogens is 6. The molecule has 96 valence electrons. The molecule has 0 atom stereocenters. The van der Waals surface area contributed by atoms with E-state index in [2.05, 4.69) is 30.4 Å². The van der Waals surface area contributed by atoms with E-state index in [1.807, 2.05) is 31.3 Å². The molecular weight excluding hydrogens is 242 g/mol. The molecular formula is C12H13N7. The van der Waals surface area contributed by atoms with Crippen LogP contribution in [0.2, 0.25) is 0 Å². The van der Waals surface area contributed by atoms with Gasteiger partial charge in [0.25, 0.3) is 5.95 Å². The zero-order valence-electron chi connectivity index (χ0n) is 10.4. The topological polar surface area (TPSA) is 84.3 Å². The number of rotatable bonds is 4. The maximum absolute atomic E-state index is 4.41. The highest BCUT2D eigenvalue weighted by Gasteiger charge is 2.10. The molecule has 7 nitrogen and oxygen atoms in total. The molecule has 0 radical (unpaired) electrons. The highest BCUT2D eigenvalue weighted by Crippen LogP contribution is 2.15. The lowest BCUT2D eigenvalue weighted by Crippen LogP contribution is -2.10. The molecule has 0 aliphatic carbocycles. The molecule has 0 amide bonds. The van der Waals surface area contributed by atoms with Crippen LogP contribution in [0.1, 0.15) is 6.92 Å². The summed E-state index contributed by atoms with van der Waals surface area (Å²) < 4.78 is 1.61. The van der Waals surface area contributed by atoms with E-state index < -0.39 is 0 Å². The van der Waals surface area contributed by atoms with E-state index in [-0.39, 0.29) is 0 Å². The Kier molecular flexibility index (Phi) is 2.93. The fourth-order valence-electron chi connectivity index (χ4n) is 1.68. The lowest BCUT2D eigenvalue weighted by molar-refractivity contribution is 0.797. The first-order valence-corrected chi connectivity index (χ1v) is 6.00. The van der Waals surface area contributed by atoms with Gasteiger partial charge in [-0.25, -0.2) is 4.68 Å². The van der Waals surface area contributed by atoms with E-state index in [9.17, 15) is 0 Å². The average Bonchev–Trinajstić information content (AvgIpc) is 3.12. The van der Waals surface area contributed by atoms with E-state index in [1.54, 1.807) is 17.1 Å². The van der Waals surface area contributed by atoms with Crippen molar-refractivity contribution in [3.8, 4) is 17.5 Å².